The van der Waals surface area contributed by atoms with Crippen LogP contribution in [-0.4, -0.2) is 24.0 Å². The Morgan fingerprint density at radius 3 is 2.50 bits per heavy atom. The van der Waals surface area contributed by atoms with Crippen LogP contribution >= 0.6 is 0 Å². The third-order valence-corrected chi connectivity index (χ3v) is 4.17. The molecule has 0 bridgehead atoms. The van der Waals surface area contributed by atoms with Crippen molar-refractivity contribution in [2.75, 3.05) is 13.1 Å². The van der Waals surface area contributed by atoms with E-state index in [0.29, 0.717) is 0 Å². The van der Waals surface area contributed by atoms with Gasteiger partial charge in [-0.1, -0.05) is 13.3 Å². The van der Waals surface area contributed by atoms with Gasteiger partial charge in [0.1, 0.15) is 11.5 Å². The first-order chi connectivity index (χ1) is 8.61. The SMILES string of the molecule is CCC1CCN(C(c2ccc(C)o2)C(C)N)CC1. The fraction of sp³-hybridized carbons (Fsp3) is 0.733. The zero-order valence-corrected chi connectivity index (χ0v) is 11.9. The minimum Gasteiger partial charge on any atom is -0.465 e. The molecule has 0 spiro atoms. The molecule has 3 heteroatoms. The Balaban J connectivity index is 2.07. The highest BCUT2D eigenvalue weighted by Crippen LogP contribution is 2.30. The van der Waals surface area contributed by atoms with Crippen LogP contribution in [0.1, 0.15) is 50.7 Å². The van der Waals surface area contributed by atoms with E-state index in [9.17, 15) is 0 Å². The standard InChI is InChI=1S/C15H26N2O/c1-4-13-7-9-17(10-8-13)15(12(3)16)14-6-5-11(2)18-14/h5-6,12-13,15H,4,7-10,16H2,1-3H3. The molecule has 2 unspecified atom stereocenters. The number of piperidine rings is 1. The van der Waals surface area contributed by atoms with Gasteiger partial charge in [0, 0.05) is 6.04 Å². The van der Waals surface area contributed by atoms with Crippen LogP contribution in [0.5, 0.6) is 0 Å². The molecule has 0 saturated carbocycles. The molecule has 1 saturated heterocycles. The Bertz CT molecular complexity index is 364. The highest BCUT2D eigenvalue weighted by molar-refractivity contribution is 5.12. The normalized spacial score (nSPS) is 22.0. The van der Waals surface area contributed by atoms with Crippen molar-refractivity contribution in [2.45, 2.75) is 52.1 Å². The highest BCUT2D eigenvalue weighted by atomic mass is 16.3. The van der Waals surface area contributed by atoms with E-state index in [1.165, 1.54) is 19.3 Å². The lowest BCUT2D eigenvalue weighted by Crippen LogP contribution is -2.43. The summed E-state index contributed by atoms with van der Waals surface area (Å²) in [5.41, 5.74) is 6.17. The van der Waals surface area contributed by atoms with E-state index in [-0.39, 0.29) is 12.1 Å². The van der Waals surface area contributed by atoms with Gasteiger partial charge in [0.2, 0.25) is 0 Å². The molecule has 1 aromatic heterocycles. The van der Waals surface area contributed by atoms with Gasteiger partial charge in [-0.05, 0) is 57.8 Å². The van der Waals surface area contributed by atoms with E-state index in [1.807, 2.05) is 13.0 Å². The zero-order valence-electron chi connectivity index (χ0n) is 11.9. The maximum Gasteiger partial charge on any atom is 0.122 e. The number of hydrogen-bond donors (Lipinski definition) is 1. The fourth-order valence-electron chi connectivity index (χ4n) is 3.02. The van der Waals surface area contributed by atoms with Crippen molar-refractivity contribution in [3.8, 4) is 0 Å². The van der Waals surface area contributed by atoms with Crippen LogP contribution < -0.4 is 5.73 Å². The highest BCUT2D eigenvalue weighted by Gasteiger charge is 2.29. The van der Waals surface area contributed by atoms with Crippen LogP contribution in [0.25, 0.3) is 0 Å². The van der Waals surface area contributed by atoms with Crippen LogP contribution in [0.4, 0.5) is 0 Å². The molecule has 0 aromatic carbocycles. The summed E-state index contributed by atoms with van der Waals surface area (Å²) >= 11 is 0. The molecule has 3 nitrogen and oxygen atoms in total. The first-order valence-corrected chi connectivity index (χ1v) is 7.17. The molecule has 102 valence electrons. The average molecular weight is 250 g/mol. The van der Waals surface area contributed by atoms with Crippen molar-refractivity contribution in [3.63, 3.8) is 0 Å². The first-order valence-electron chi connectivity index (χ1n) is 7.17. The first kappa shape index (κ1) is 13.6. The van der Waals surface area contributed by atoms with E-state index < -0.39 is 0 Å². The van der Waals surface area contributed by atoms with Gasteiger partial charge in [-0.3, -0.25) is 4.90 Å². The quantitative estimate of drug-likeness (QED) is 0.893. The lowest BCUT2D eigenvalue weighted by molar-refractivity contribution is 0.103. The number of rotatable bonds is 4. The summed E-state index contributed by atoms with van der Waals surface area (Å²) in [5, 5.41) is 0. The van der Waals surface area contributed by atoms with Crippen molar-refractivity contribution in [1.29, 1.82) is 0 Å². The third kappa shape index (κ3) is 2.96. The van der Waals surface area contributed by atoms with Crippen molar-refractivity contribution in [1.82, 2.24) is 4.90 Å². The Morgan fingerprint density at radius 2 is 2.06 bits per heavy atom. The van der Waals surface area contributed by atoms with Crippen molar-refractivity contribution < 1.29 is 4.42 Å². The monoisotopic (exact) mass is 250 g/mol. The Kier molecular flexibility index (Phi) is 4.46. The van der Waals surface area contributed by atoms with Crippen LogP contribution in [-0.2, 0) is 0 Å². The predicted molar refractivity (Wildman–Crippen MR) is 74.4 cm³/mol. The number of likely N-dealkylation sites (tertiary alicyclic amines) is 1. The van der Waals surface area contributed by atoms with Crippen molar-refractivity contribution >= 4 is 0 Å². The van der Waals surface area contributed by atoms with Crippen molar-refractivity contribution in [2.24, 2.45) is 11.7 Å². The smallest absolute Gasteiger partial charge is 0.122 e. The molecule has 2 heterocycles. The maximum atomic E-state index is 6.17. The minimum atomic E-state index is 0.105. The second-order valence-corrected chi connectivity index (χ2v) is 5.64. The summed E-state index contributed by atoms with van der Waals surface area (Å²) in [6.07, 6.45) is 3.88. The summed E-state index contributed by atoms with van der Waals surface area (Å²) in [4.78, 5) is 2.50. The molecule has 2 atom stereocenters. The van der Waals surface area contributed by atoms with E-state index in [1.54, 1.807) is 0 Å². The molecule has 1 aromatic rings. The Labute approximate surface area is 110 Å². The lowest BCUT2D eigenvalue weighted by atomic mass is 9.92. The number of furan rings is 1. The van der Waals surface area contributed by atoms with Crippen LogP contribution in [0, 0.1) is 12.8 Å². The molecule has 0 amide bonds. The molecule has 0 radical (unpaired) electrons. The van der Waals surface area contributed by atoms with E-state index >= 15 is 0 Å². The second kappa shape index (κ2) is 5.89. The van der Waals surface area contributed by atoms with Gasteiger partial charge >= 0.3 is 0 Å². The molecule has 1 aliphatic rings. The van der Waals surface area contributed by atoms with Gasteiger partial charge in [0.05, 0.1) is 6.04 Å². The van der Waals surface area contributed by atoms with Gasteiger partial charge in [0.15, 0.2) is 0 Å². The topological polar surface area (TPSA) is 42.4 Å². The summed E-state index contributed by atoms with van der Waals surface area (Å²) in [6.45, 7) is 8.65. The minimum absolute atomic E-state index is 0.105. The Hall–Kier alpha value is -0.800. The van der Waals surface area contributed by atoms with Gasteiger partial charge in [-0.25, -0.2) is 0 Å². The van der Waals surface area contributed by atoms with Gasteiger partial charge in [-0.2, -0.15) is 0 Å². The molecule has 2 rings (SSSR count). The van der Waals surface area contributed by atoms with Gasteiger partial charge in [-0.15, -0.1) is 0 Å². The second-order valence-electron chi connectivity index (χ2n) is 5.64. The number of nitrogens with zero attached hydrogens (tertiary/aromatic N) is 1. The molecule has 1 fully saturated rings. The van der Waals surface area contributed by atoms with Crippen LogP contribution in [0.3, 0.4) is 0 Å². The van der Waals surface area contributed by atoms with Gasteiger partial charge < -0.3 is 10.2 Å². The average Bonchev–Trinajstić information content (AvgIpc) is 2.76. The summed E-state index contributed by atoms with van der Waals surface area (Å²) in [5.74, 6) is 2.89. The lowest BCUT2D eigenvalue weighted by Gasteiger charge is -2.38. The van der Waals surface area contributed by atoms with E-state index in [0.717, 1.165) is 30.5 Å². The van der Waals surface area contributed by atoms with Crippen molar-refractivity contribution in [3.05, 3.63) is 23.7 Å². The third-order valence-electron chi connectivity index (χ3n) is 4.17. The number of hydrogen-bond acceptors (Lipinski definition) is 3. The largest absolute Gasteiger partial charge is 0.465 e. The van der Waals surface area contributed by atoms with E-state index in [2.05, 4.69) is 24.8 Å². The predicted octanol–water partition coefficient (Wildman–Crippen LogP) is 3.10. The number of nitrogens with two attached hydrogens (primary N) is 1. The fourth-order valence-corrected chi connectivity index (χ4v) is 3.02. The van der Waals surface area contributed by atoms with Crippen LogP contribution in [0.15, 0.2) is 16.5 Å². The molecular weight excluding hydrogens is 224 g/mol. The summed E-state index contributed by atoms with van der Waals surface area (Å²) in [7, 11) is 0. The van der Waals surface area contributed by atoms with E-state index in [4.69, 9.17) is 10.2 Å². The Morgan fingerprint density at radius 1 is 1.39 bits per heavy atom. The summed E-state index contributed by atoms with van der Waals surface area (Å²) < 4.78 is 5.79. The van der Waals surface area contributed by atoms with Crippen LogP contribution in [0.2, 0.25) is 0 Å². The maximum absolute atomic E-state index is 6.17. The molecule has 0 aliphatic carbocycles. The molecular formula is C15H26N2O. The molecule has 2 N–H and O–H groups in total. The molecule has 1 aliphatic heterocycles. The molecule has 18 heavy (non-hydrogen) atoms. The van der Waals surface area contributed by atoms with Gasteiger partial charge in [0.25, 0.3) is 0 Å². The summed E-state index contributed by atoms with van der Waals surface area (Å²) in [6, 6.07) is 4.45. The number of aryl methyl sites for hydroxylation is 1. The zero-order chi connectivity index (χ0) is 13.1.